The maximum absolute atomic E-state index is 13.0. The van der Waals surface area contributed by atoms with Gasteiger partial charge in [0.1, 0.15) is 5.75 Å². The van der Waals surface area contributed by atoms with E-state index in [9.17, 15) is 4.79 Å². The molecular formula is C22H22N4O3S. The molecule has 0 radical (unpaired) electrons. The van der Waals surface area contributed by atoms with Crippen molar-refractivity contribution in [3.63, 3.8) is 0 Å². The maximum Gasteiger partial charge on any atom is 0.262 e. The second kappa shape index (κ2) is 9.13. The van der Waals surface area contributed by atoms with Crippen molar-refractivity contribution in [2.75, 3.05) is 7.11 Å². The zero-order chi connectivity index (χ0) is 20.9. The first-order chi connectivity index (χ1) is 14.7. The van der Waals surface area contributed by atoms with Gasteiger partial charge in [0.2, 0.25) is 11.7 Å². The van der Waals surface area contributed by atoms with Crippen molar-refractivity contribution in [3.8, 4) is 17.1 Å². The molecule has 7 nitrogen and oxygen atoms in total. The number of thioether (sulfide) groups is 1. The fourth-order valence-corrected chi connectivity index (χ4v) is 3.95. The molecule has 0 aliphatic heterocycles. The van der Waals surface area contributed by atoms with Crippen molar-refractivity contribution in [1.82, 2.24) is 19.7 Å². The summed E-state index contributed by atoms with van der Waals surface area (Å²) in [6.07, 6.45) is 1.91. The summed E-state index contributed by atoms with van der Waals surface area (Å²) in [6, 6.07) is 14.9. The van der Waals surface area contributed by atoms with Gasteiger partial charge < -0.3 is 9.26 Å². The van der Waals surface area contributed by atoms with Crippen LogP contribution in [0.15, 0.2) is 63.0 Å². The summed E-state index contributed by atoms with van der Waals surface area (Å²) in [7, 11) is 1.62. The second-order valence-electron chi connectivity index (χ2n) is 6.75. The van der Waals surface area contributed by atoms with E-state index in [4.69, 9.17) is 14.2 Å². The van der Waals surface area contributed by atoms with Gasteiger partial charge in [0.15, 0.2) is 5.16 Å². The number of ether oxygens (including phenoxy) is 1. The molecule has 0 aliphatic rings. The Kier molecular flexibility index (Phi) is 6.13. The zero-order valence-electron chi connectivity index (χ0n) is 16.9. The molecule has 154 valence electrons. The highest BCUT2D eigenvalue weighted by molar-refractivity contribution is 7.98. The fourth-order valence-electron chi connectivity index (χ4n) is 3.09. The highest BCUT2D eigenvalue weighted by Gasteiger charge is 2.14. The van der Waals surface area contributed by atoms with Gasteiger partial charge in [0.25, 0.3) is 5.56 Å². The van der Waals surface area contributed by atoms with Gasteiger partial charge in [-0.25, -0.2) is 4.98 Å². The second-order valence-corrected chi connectivity index (χ2v) is 7.70. The van der Waals surface area contributed by atoms with E-state index in [2.05, 4.69) is 17.1 Å². The number of benzene rings is 2. The molecule has 8 heteroatoms. The van der Waals surface area contributed by atoms with Crippen LogP contribution in [0.4, 0.5) is 0 Å². The highest BCUT2D eigenvalue weighted by Crippen LogP contribution is 2.25. The number of hydrogen-bond donors (Lipinski definition) is 0. The van der Waals surface area contributed by atoms with Crippen molar-refractivity contribution in [3.05, 3.63) is 64.8 Å². The number of aromatic nitrogens is 4. The van der Waals surface area contributed by atoms with Gasteiger partial charge in [0.05, 0.1) is 23.8 Å². The summed E-state index contributed by atoms with van der Waals surface area (Å²) >= 11 is 1.43. The normalized spacial score (nSPS) is 11.1. The van der Waals surface area contributed by atoms with Gasteiger partial charge in [-0.15, -0.1) is 0 Å². The van der Waals surface area contributed by atoms with Crippen LogP contribution in [0, 0.1) is 0 Å². The van der Waals surface area contributed by atoms with E-state index in [1.54, 1.807) is 11.7 Å². The Labute approximate surface area is 178 Å². The van der Waals surface area contributed by atoms with Crippen LogP contribution in [-0.2, 0) is 12.3 Å². The lowest BCUT2D eigenvalue weighted by molar-refractivity contribution is 0.391. The third-order valence-electron chi connectivity index (χ3n) is 4.68. The van der Waals surface area contributed by atoms with E-state index in [1.807, 2.05) is 48.5 Å². The van der Waals surface area contributed by atoms with Crippen LogP contribution in [0.3, 0.4) is 0 Å². The predicted octanol–water partition coefficient (Wildman–Crippen LogP) is 4.55. The molecule has 30 heavy (non-hydrogen) atoms. The van der Waals surface area contributed by atoms with Gasteiger partial charge in [-0.05, 0) is 30.7 Å². The molecule has 0 N–H and O–H groups in total. The first-order valence-corrected chi connectivity index (χ1v) is 10.8. The minimum atomic E-state index is -0.0147. The Morgan fingerprint density at radius 1 is 1.13 bits per heavy atom. The number of methoxy groups -OCH3 is 1. The van der Waals surface area contributed by atoms with Crippen LogP contribution in [0.2, 0.25) is 0 Å². The van der Waals surface area contributed by atoms with E-state index >= 15 is 0 Å². The third kappa shape index (κ3) is 4.23. The van der Waals surface area contributed by atoms with E-state index in [0.29, 0.717) is 40.1 Å². The largest absolute Gasteiger partial charge is 0.497 e. The molecule has 0 unspecified atom stereocenters. The lowest BCUT2D eigenvalue weighted by atomic mass is 10.2. The van der Waals surface area contributed by atoms with Gasteiger partial charge in [-0.3, -0.25) is 9.36 Å². The molecular weight excluding hydrogens is 400 g/mol. The molecule has 2 aromatic heterocycles. The Hall–Kier alpha value is -3.13. The average molecular weight is 423 g/mol. The van der Waals surface area contributed by atoms with Crippen LogP contribution >= 0.6 is 11.8 Å². The van der Waals surface area contributed by atoms with Crippen LogP contribution in [0.1, 0.15) is 25.7 Å². The number of para-hydroxylation sites is 1. The van der Waals surface area contributed by atoms with Crippen LogP contribution in [0.5, 0.6) is 5.75 Å². The number of hydrogen-bond acceptors (Lipinski definition) is 7. The monoisotopic (exact) mass is 422 g/mol. The van der Waals surface area contributed by atoms with Crippen molar-refractivity contribution in [2.45, 2.75) is 37.2 Å². The quantitative estimate of drug-likeness (QED) is 0.304. The van der Waals surface area contributed by atoms with Crippen molar-refractivity contribution in [1.29, 1.82) is 0 Å². The lowest BCUT2D eigenvalue weighted by Gasteiger charge is -2.12. The van der Waals surface area contributed by atoms with E-state index in [-0.39, 0.29) is 5.56 Å². The fraction of sp³-hybridized carbons (Fsp3) is 0.273. The molecule has 0 aliphatic carbocycles. The molecule has 0 saturated heterocycles. The maximum atomic E-state index is 13.0. The highest BCUT2D eigenvalue weighted by atomic mass is 32.2. The van der Waals surface area contributed by atoms with Crippen LogP contribution in [-0.4, -0.2) is 26.8 Å². The average Bonchev–Trinajstić information content (AvgIpc) is 3.26. The van der Waals surface area contributed by atoms with Crippen molar-refractivity contribution in [2.24, 2.45) is 0 Å². The number of nitrogens with zero attached hydrogens (tertiary/aromatic N) is 4. The summed E-state index contributed by atoms with van der Waals surface area (Å²) in [4.78, 5) is 22.2. The minimum Gasteiger partial charge on any atom is -0.497 e. The van der Waals surface area contributed by atoms with Crippen LogP contribution in [0.25, 0.3) is 22.3 Å². The molecule has 0 spiro atoms. The molecule has 2 heterocycles. The predicted molar refractivity (Wildman–Crippen MR) is 117 cm³/mol. The smallest absolute Gasteiger partial charge is 0.262 e. The van der Waals surface area contributed by atoms with Gasteiger partial charge >= 0.3 is 0 Å². The van der Waals surface area contributed by atoms with Crippen molar-refractivity contribution >= 4 is 22.7 Å². The molecule has 2 aromatic carbocycles. The summed E-state index contributed by atoms with van der Waals surface area (Å²) in [5.41, 5.74) is 1.50. The Morgan fingerprint density at radius 2 is 2.00 bits per heavy atom. The van der Waals surface area contributed by atoms with Gasteiger partial charge in [-0.2, -0.15) is 4.98 Å². The number of rotatable bonds is 8. The van der Waals surface area contributed by atoms with Gasteiger partial charge in [-0.1, -0.05) is 54.5 Å². The third-order valence-corrected chi connectivity index (χ3v) is 5.64. The molecule has 4 rings (SSSR count). The molecule has 0 atom stereocenters. The van der Waals surface area contributed by atoms with E-state index in [0.717, 1.165) is 24.2 Å². The Bertz CT molecular complexity index is 1220. The first-order valence-electron chi connectivity index (χ1n) is 9.79. The Morgan fingerprint density at radius 3 is 2.83 bits per heavy atom. The zero-order valence-corrected chi connectivity index (χ0v) is 17.7. The van der Waals surface area contributed by atoms with Gasteiger partial charge in [0, 0.05) is 12.1 Å². The standard InChI is InChI=1S/C22H22N4O3S/c1-3-4-12-26-21(27)17-10-5-6-11-18(17)23-22(26)30-14-19-24-20(25-29-19)15-8-7-9-16(13-15)28-2/h5-11,13H,3-4,12,14H2,1-2H3. The summed E-state index contributed by atoms with van der Waals surface area (Å²) in [6.45, 7) is 2.74. The topological polar surface area (TPSA) is 83.0 Å². The van der Waals surface area contributed by atoms with E-state index < -0.39 is 0 Å². The summed E-state index contributed by atoms with van der Waals surface area (Å²) in [5.74, 6) is 2.13. The van der Waals surface area contributed by atoms with E-state index in [1.165, 1.54) is 11.8 Å². The first kappa shape index (κ1) is 20.2. The molecule has 4 aromatic rings. The molecule has 0 bridgehead atoms. The SMILES string of the molecule is CCCCn1c(SCc2nc(-c3cccc(OC)c3)no2)nc2ccccc2c1=O. The Balaban J connectivity index is 1.59. The number of unbranched alkanes of at least 4 members (excludes halogenated alkanes) is 1. The lowest BCUT2D eigenvalue weighted by Crippen LogP contribution is -2.23. The minimum absolute atomic E-state index is 0.0147. The summed E-state index contributed by atoms with van der Waals surface area (Å²) in [5, 5.41) is 5.37. The summed E-state index contributed by atoms with van der Waals surface area (Å²) < 4.78 is 12.4. The molecule has 0 fully saturated rings. The van der Waals surface area contributed by atoms with Crippen LogP contribution < -0.4 is 10.3 Å². The molecule has 0 saturated carbocycles. The molecule has 0 amide bonds. The van der Waals surface area contributed by atoms with Crippen molar-refractivity contribution < 1.29 is 9.26 Å². The number of fused-ring (bicyclic) bond motifs is 1.